The number of hydrogen-bond acceptors (Lipinski definition) is 9. The number of hydrogen-bond donors (Lipinski definition) is 4. The van der Waals surface area contributed by atoms with E-state index in [1.165, 1.54) is 18.2 Å². The Bertz CT molecular complexity index is 1290. The molecule has 0 radical (unpaired) electrons. The van der Waals surface area contributed by atoms with E-state index >= 15 is 0 Å². The summed E-state index contributed by atoms with van der Waals surface area (Å²) in [7, 11) is -3.54. The highest BCUT2D eigenvalue weighted by molar-refractivity contribution is 7.93. The lowest BCUT2D eigenvalue weighted by molar-refractivity contribution is -0.117. The second-order valence-electron chi connectivity index (χ2n) is 6.31. The molecule has 2 aromatic heterocycles. The van der Waals surface area contributed by atoms with Gasteiger partial charge in [-0.25, -0.2) is 13.6 Å². The molecule has 1 aliphatic carbocycles. The van der Waals surface area contributed by atoms with Gasteiger partial charge in [-0.1, -0.05) is 0 Å². The molecule has 0 bridgehead atoms. The van der Waals surface area contributed by atoms with E-state index in [0.29, 0.717) is 0 Å². The molecule has 29 heavy (non-hydrogen) atoms. The molecule has 3 rings (SSSR count). The van der Waals surface area contributed by atoms with Crippen molar-refractivity contribution in [3.63, 3.8) is 0 Å². The van der Waals surface area contributed by atoms with E-state index < -0.39 is 35.3 Å². The minimum atomic E-state index is -3.54. The van der Waals surface area contributed by atoms with Crippen molar-refractivity contribution >= 4 is 44.7 Å². The summed E-state index contributed by atoms with van der Waals surface area (Å²) in [5, 5.41) is 14.5. The topological polar surface area (TPSA) is 164 Å². The van der Waals surface area contributed by atoms with Gasteiger partial charge in [0.1, 0.15) is 11.6 Å². The van der Waals surface area contributed by atoms with Gasteiger partial charge < -0.3 is 21.7 Å². The van der Waals surface area contributed by atoms with E-state index in [9.17, 15) is 13.8 Å². The zero-order valence-corrected chi connectivity index (χ0v) is 16.0. The highest BCUT2D eigenvalue weighted by atomic mass is 32.2. The number of aromatic nitrogens is 3. The molecule has 2 heterocycles. The van der Waals surface area contributed by atoms with Crippen molar-refractivity contribution < 1.29 is 22.0 Å². The number of anilines is 4. The number of rotatable bonds is 6. The number of nitrogens with zero attached hydrogens (tertiary/aromatic N) is 4. The second kappa shape index (κ2) is 7.99. The Morgan fingerprint density at radius 2 is 2.14 bits per heavy atom. The molecule has 2 amide bonds. The van der Waals surface area contributed by atoms with Crippen LogP contribution in [0, 0.1) is 5.92 Å². The van der Waals surface area contributed by atoms with Gasteiger partial charge in [-0.05, 0) is 25.0 Å². The molecule has 1 fully saturated rings. The first-order valence-corrected chi connectivity index (χ1v) is 10.2. The minimum absolute atomic E-state index is 0.0434. The van der Waals surface area contributed by atoms with Gasteiger partial charge >= 0.3 is 0 Å². The van der Waals surface area contributed by atoms with E-state index in [0.717, 1.165) is 19.1 Å². The molecule has 1 aliphatic rings. The fourth-order valence-electron chi connectivity index (χ4n) is 2.38. The highest BCUT2D eigenvalue weighted by Gasteiger charge is 2.30. The van der Waals surface area contributed by atoms with Crippen molar-refractivity contribution in [1.82, 2.24) is 20.5 Å². The molecule has 1 atom stereocenters. The van der Waals surface area contributed by atoms with Crippen LogP contribution < -0.4 is 21.7 Å². The molecule has 1 saturated carbocycles. The van der Waals surface area contributed by atoms with Crippen LogP contribution in [0.15, 0.2) is 27.5 Å². The Labute approximate surface area is 176 Å². The number of nitrogens with one attached hydrogen (secondary N) is 3. The Morgan fingerprint density at radius 3 is 2.83 bits per heavy atom. The number of pyridine rings is 1. The van der Waals surface area contributed by atoms with Gasteiger partial charge in [0.15, 0.2) is 11.5 Å². The van der Waals surface area contributed by atoms with Gasteiger partial charge in [-0.3, -0.25) is 9.59 Å². The standard InChI is InChI=1S/C17H22N8O3S/c1-19-17(27)14-10(8-13(24-25-14)23-16(26)9-4-5-9)21-15-11(29(3,28)20-2)6-7-12(18)22-15/h6-9H,4-5H2,1-3H3,(H,19,27)(H4,18,21,22,23,24,26)/i1D3,2D3. The summed E-state index contributed by atoms with van der Waals surface area (Å²) in [6, 6.07) is 3.75. The molecular weight excluding hydrogens is 396 g/mol. The maximum atomic E-state index is 13.1. The lowest BCUT2D eigenvalue weighted by Gasteiger charge is -2.15. The Hall–Kier alpha value is -3.28. The van der Waals surface area contributed by atoms with Gasteiger partial charge in [0.2, 0.25) is 5.91 Å². The maximum absolute atomic E-state index is 13.1. The predicted octanol–water partition coefficient (Wildman–Crippen LogP) is 0.992. The molecule has 2 aromatic rings. The predicted molar refractivity (Wildman–Crippen MR) is 109 cm³/mol. The van der Waals surface area contributed by atoms with Crippen molar-refractivity contribution in [2.45, 2.75) is 17.7 Å². The molecule has 0 spiro atoms. The van der Waals surface area contributed by atoms with Gasteiger partial charge in [0.25, 0.3) is 5.91 Å². The number of nitrogen functional groups attached to an aromatic ring is 1. The van der Waals surface area contributed by atoms with Crippen LogP contribution in [-0.2, 0) is 14.5 Å². The SMILES string of the molecule is [2H]C([2H])([2H])N=S(C)(=O)c1ccc(N)nc1Nc1cc(NC(=O)C2CC2)nnc1C(=O)NC([2H])([2H])[2H]. The summed E-state index contributed by atoms with van der Waals surface area (Å²) in [5.41, 5.74) is 5.08. The van der Waals surface area contributed by atoms with E-state index in [1.807, 2.05) is 0 Å². The average molecular weight is 425 g/mol. The number of carbonyl (C=O) groups excluding carboxylic acids is 2. The van der Waals surface area contributed by atoms with Crippen LogP contribution in [-0.4, -0.2) is 51.4 Å². The molecular formula is C17H22N8O3S. The average Bonchev–Trinajstić information content (AvgIpc) is 3.50. The third-order valence-corrected chi connectivity index (χ3v) is 5.53. The normalized spacial score (nSPS) is 19.1. The molecule has 5 N–H and O–H groups in total. The molecule has 0 saturated heterocycles. The van der Waals surface area contributed by atoms with Crippen molar-refractivity contribution in [3.8, 4) is 0 Å². The van der Waals surface area contributed by atoms with Gasteiger partial charge in [0.05, 0.1) is 20.3 Å². The van der Waals surface area contributed by atoms with E-state index in [1.54, 1.807) is 5.32 Å². The van der Waals surface area contributed by atoms with Crippen molar-refractivity contribution in [2.24, 2.45) is 10.3 Å². The summed E-state index contributed by atoms with van der Waals surface area (Å²) < 4.78 is 60.3. The summed E-state index contributed by atoms with van der Waals surface area (Å²) in [6.07, 6.45) is 2.53. The quantitative estimate of drug-likeness (QED) is 0.533. The Balaban J connectivity index is 2.09. The van der Waals surface area contributed by atoms with Crippen LogP contribution in [0.1, 0.15) is 31.6 Å². The first-order chi connectivity index (χ1) is 16.0. The number of nitrogens with two attached hydrogens (primary N) is 1. The van der Waals surface area contributed by atoms with Gasteiger partial charge in [-0.2, -0.15) is 0 Å². The van der Waals surface area contributed by atoms with Crippen molar-refractivity contribution in [3.05, 3.63) is 23.9 Å². The summed E-state index contributed by atoms with van der Waals surface area (Å²) in [4.78, 5) is 28.6. The maximum Gasteiger partial charge on any atom is 0.273 e. The van der Waals surface area contributed by atoms with Gasteiger partial charge in [-0.15, -0.1) is 10.2 Å². The van der Waals surface area contributed by atoms with Crippen LogP contribution in [0.5, 0.6) is 0 Å². The van der Waals surface area contributed by atoms with Crippen molar-refractivity contribution in [2.75, 3.05) is 36.6 Å². The van der Waals surface area contributed by atoms with Crippen LogP contribution >= 0.6 is 0 Å². The smallest absolute Gasteiger partial charge is 0.273 e. The molecule has 1 unspecified atom stereocenters. The third kappa shape index (κ3) is 4.59. The fourth-order valence-corrected chi connectivity index (χ4v) is 3.26. The number of carbonyl (C=O) groups is 2. The van der Waals surface area contributed by atoms with E-state index in [-0.39, 0.29) is 39.9 Å². The first kappa shape index (κ1) is 13.8. The lowest BCUT2D eigenvalue weighted by atomic mass is 10.2. The van der Waals surface area contributed by atoms with Crippen LogP contribution in [0.2, 0.25) is 0 Å². The largest absolute Gasteiger partial charge is 0.384 e. The van der Waals surface area contributed by atoms with Crippen LogP contribution in [0.25, 0.3) is 0 Å². The molecule has 154 valence electrons. The van der Waals surface area contributed by atoms with E-state index in [2.05, 4.69) is 30.2 Å². The zero-order valence-electron chi connectivity index (χ0n) is 21.2. The summed E-state index contributed by atoms with van der Waals surface area (Å²) >= 11 is 0. The van der Waals surface area contributed by atoms with Crippen LogP contribution in [0.3, 0.4) is 0 Å². The van der Waals surface area contributed by atoms with Crippen LogP contribution in [0.4, 0.5) is 23.1 Å². The first-order valence-electron chi connectivity index (χ1n) is 11.3. The summed E-state index contributed by atoms with van der Waals surface area (Å²) in [6.45, 7) is -5.72. The third-order valence-electron chi connectivity index (χ3n) is 4.04. The Morgan fingerprint density at radius 1 is 1.34 bits per heavy atom. The monoisotopic (exact) mass is 424 g/mol. The van der Waals surface area contributed by atoms with E-state index in [4.69, 9.17) is 14.0 Å². The summed E-state index contributed by atoms with van der Waals surface area (Å²) in [5.74, 6) is -1.92. The second-order valence-corrected chi connectivity index (χ2v) is 8.54. The molecule has 12 heteroatoms. The number of amides is 2. The lowest BCUT2D eigenvalue weighted by Crippen LogP contribution is -2.23. The fraction of sp³-hybridized carbons (Fsp3) is 0.353. The minimum Gasteiger partial charge on any atom is -0.384 e. The van der Waals surface area contributed by atoms with Crippen molar-refractivity contribution in [1.29, 1.82) is 0 Å². The molecule has 0 aromatic carbocycles. The molecule has 11 nitrogen and oxygen atoms in total. The highest BCUT2D eigenvalue weighted by Crippen LogP contribution is 2.31. The van der Waals surface area contributed by atoms with Gasteiger partial charge in [0, 0.05) is 40.4 Å². The Kier molecular flexibility index (Phi) is 3.81. The zero-order chi connectivity index (χ0) is 26.2. The molecule has 0 aliphatic heterocycles.